The van der Waals surface area contributed by atoms with Crippen molar-refractivity contribution in [1.82, 2.24) is 5.32 Å². The van der Waals surface area contributed by atoms with E-state index in [-0.39, 0.29) is 17.6 Å². The summed E-state index contributed by atoms with van der Waals surface area (Å²) in [6.07, 6.45) is 2.53. The van der Waals surface area contributed by atoms with Crippen molar-refractivity contribution in [3.63, 3.8) is 0 Å². The van der Waals surface area contributed by atoms with Gasteiger partial charge >= 0.3 is 0 Å². The summed E-state index contributed by atoms with van der Waals surface area (Å²) in [5.74, 6) is 0.505. The van der Waals surface area contributed by atoms with Crippen molar-refractivity contribution in [3.8, 4) is 0 Å². The zero-order valence-electron chi connectivity index (χ0n) is 12.8. The number of nitrogens with zero attached hydrogens (tertiary/aromatic N) is 1. The van der Waals surface area contributed by atoms with Crippen LogP contribution in [0.5, 0.6) is 0 Å². The van der Waals surface area contributed by atoms with Gasteiger partial charge in [0.2, 0.25) is 0 Å². The van der Waals surface area contributed by atoms with Gasteiger partial charge in [0.15, 0.2) is 4.67 Å². The Labute approximate surface area is 146 Å². The molecule has 0 spiro atoms. The van der Waals surface area contributed by atoms with Crippen LogP contribution in [0.3, 0.4) is 0 Å². The molecule has 1 saturated carbocycles. The van der Waals surface area contributed by atoms with Crippen LogP contribution in [0.15, 0.2) is 39.4 Å². The Hall–Kier alpha value is -2.35. The number of furan rings is 1. The smallest absolute Gasteiger partial charge is 0.293 e. The second kappa shape index (κ2) is 7.04. The summed E-state index contributed by atoms with van der Waals surface area (Å²) in [6.45, 7) is 0.481. The molecule has 0 atom stereocenters. The quantitative estimate of drug-likeness (QED) is 0.554. The number of benzene rings is 1. The minimum Gasteiger partial charge on any atom is -0.454 e. The molecule has 1 amide bonds. The number of carbonyl (C=O) groups is 1. The molecule has 3 rings (SSSR count). The average Bonchev–Trinajstić information content (AvgIpc) is 3.27. The van der Waals surface area contributed by atoms with E-state index in [1.807, 2.05) is 6.07 Å². The van der Waals surface area contributed by atoms with Crippen molar-refractivity contribution < 1.29 is 14.1 Å². The van der Waals surface area contributed by atoms with Gasteiger partial charge in [-0.1, -0.05) is 0 Å². The SMILES string of the molecule is O=C(NC1CC1)c1ccc(NCCc2ccc(Br)o2)c([N+](=O)[O-])c1. The summed E-state index contributed by atoms with van der Waals surface area (Å²) in [7, 11) is 0. The number of rotatable bonds is 7. The predicted molar refractivity (Wildman–Crippen MR) is 92.2 cm³/mol. The highest BCUT2D eigenvalue weighted by molar-refractivity contribution is 9.10. The van der Waals surface area contributed by atoms with Crippen molar-refractivity contribution >= 4 is 33.2 Å². The van der Waals surface area contributed by atoms with E-state index in [0.29, 0.717) is 28.9 Å². The topological polar surface area (TPSA) is 97.4 Å². The molecule has 0 bridgehead atoms. The average molecular weight is 394 g/mol. The molecule has 0 aliphatic heterocycles. The van der Waals surface area contributed by atoms with Gasteiger partial charge in [0.1, 0.15) is 11.4 Å². The molecule has 7 nitrogen and oxygen atoms in total. The minimum absolute atomic E-state index is 0.112. The fourth-order valence-corrected chi connectivity index (χ4v) is 2.62. The van der Waals surface area contributed by atoms with Crippen LogP contribution < -0.4 is 10.6 Å². The van der Waals surface area contributed by atoms with Gasteiger partial charge in [-0.3, -0.25) is 14.9 Å². The van der Waals surface area contributed by atoms with Gasteiger partial charge in [-0.2, -0.15) is 0 Å². The van der Waals surface area contributed by atoms with E-state index in [4.69, 9.17) is 4.42 Å². The number of hydrogen-bond donors (Lipinski definition) is 2. The zero-order chi connectivity index (χ0) is 17.1. The van der Waals surface area contributed by atoms with E-state index < -0.39 is 4.92 Å². The van der Waals surface area contributed by atoms with Crippen LogP contribution in [0.4, 0.5) is 11.4 Å². The molecule has 1 aromatic carbocycles. The van der Waals surface area contributed by atoms with Gasteiger partial charge < -0.3 is 15.1 Å². The maximum absolute atomic E-state index is 12.0. The van der Waals surface area contributed by atoms with Crippen LogP contribution in [0.1, 0.15) is 29.0 Å². The first kappa shape index (κ1) is 16.5. The first-order valence-electron chi connectivity index (χ1n) is 7.60. The second-order valence-corrected chi connectivity index (χ2v) is 6.40. The minimum atomic E-state index is -0.486. The van der Waals surface area contributed by atoms with Crippen LogP contribution in [0.25, 0.3) is 0 Å². The first-order valence-corrected chi connectivity index (χ1v) is 8.39. The molecule has 1 aliphatic carbocycles. The van der Waals surface area contributed by atoms with E-state index in [2.05, 4.69) is 26.6 Å². The Balaban J connectivity index is 1.67. The van der Waals surface area contributed by atoms with Gasteiger partial charge in [-0.05, 0) is 53.0 Å². The Morgan fingerprint density at radius 2 is 2.12 bits per heavy atom. The molecule has 0 unspecified atom stereocenters. The van der Waals surface area contributed by atoms with Gasteiger partial charge in [-0.25, -0.2) is 0 Å². The third-order valence-corrected chi connectivity index (χ3v) is 4.11. The monoisotopic (exact) mass is 393 g/mol. The molecule has 1 aromatic heterocycles. The summed E-state index contributed by atoms with van der Waals surface area (Å²) >= 11 is 3.23. The molecule has 0 saturated heterocycles. The fraction of sp³-hybridized carbons (Fsp3) is 0.312. The Morgan fingerprint density at radius 1 is 1.33 bits per heavy atom. The van der Waals surface area contributed by atoms with Crippen LogP contribution in [-0.2, 0) is 6.42 Å². The van der Waals surface area contributed by atoms with Gasteiger partial charge in [0.25, 0.3) is 11.6 Å². The van der Waals surface area contributed by atoms with Gasteiger partial charge in [0.05, 0.1) is 4.92 Å². The molecule has 1 aliphatic rings. The molecule has 1 heterocycles. The van der Waals surface area contributed by atoms with Crippen molar-refractivity contribution in [1.29, 1.82) is 0 Å². The lowest BCUT2D eigenvalue weighted by Crippen LogP contribution is -2.25. The number of nitro benzene ring substituents is 1. The summed E-state index contributed by atoms with van der Waals surface area (Å²) in [6, 6.07) is 8.32. The van der Waals surface area contributed by atoms with E-state index in [1.54, 1.807) is 18.2 Å². The van der Waals surface area contributed by atoms with E-state index >= 15 is 0 Å². The molecule has 24 heavy (non-hydrogen) atoms. The van der Waals surface area contributed by atoms with Crippen LogP contribution in [0.2, 0.25) is 0 Å². The zero-order valence-corrected chi connectivity index (χ0v) is 14.3. The molecule has 2 N–H and O–H groups in total. The molecular weight excluding hydrogens is 378 g/mol. The maximum Gasteiger partial charge on any atom is 0.293 e. The number of nitrogens with one attached hydrogen (secondary N) is 2. The van der Waals surface area contributed by atoms with Crippen LogP contribution in [0, 0.1) is 10.1 Å². The molecule has 1 fully saturated rings. The normalized spacial score (nSPS) is 13.5. The Kier molecular flexibility index (Phi) is 4.84. The summed E-state index contributed by atoms with van der Waals surface area (Å²) in [5.41, 5.74) is 0.571. The number of carbonyl (C=O) groups excluding carboxylic acids is 1. The van der Waals surface area contributed by atoms with E-state index in [9.17, 15) is 14.9 Å². The molecular formula is C16H16BrN3O4. The number of amides is 1. The highest BCUT2D eigenvalue weighted by Crippen LogP contribution is 2.27. The van der Waals surface area contributed by atoms with Crippen molar-refractivity contribution in [2.75, 3.05) is 11.9 Å². The summed E-state index contributed by atoms with van der Waals surface area (Å²) in [4.78, 5) is 22.8. The predicted octanol–water partition coefficient (Wildman–Crippen LogP) is 3.50. The number of nitro groups is 1. The maximum atomic E-state index is 12.0. The molecule has 2 aromatic rings. The number of halogens is 1. The molecule has 126 valence electrons. The van der Waals surface area contributed by atoms with Crippen LogP contribution >= 0.6 is 15.9 Å². The lowest BCUT2D eigenvalue weighted by atomic mass is 10.1. The molecule has 8 heteroatoms. The third kappa shape index (κ3) is 4.14. The second-order valence-electron chi connectivity index (χ2n) is 5.62. The number of anilines is 1. The summed E-state index contributed by atoms with van der Waals surface area (Å²) in [5, 5.41) is 17.1. The van der Waals surface area contributed by atoms with Crippen molar-refractivity contribution in [2.24, 2.45) is 0 Å². The highest BCUT2D eigenvalue weighted by atomic mass is 79.9. The van der Waals surface area contributed by atoms with Gasteiger partial charge in [0, 0.05) is 30.6 Å². The fourth-order valence-electron chi connectivity index (χ4n) is 2.28. The Bertz CT molecular complexity index is 770. The number of hydrogen-bond acceptors (Lipinski definition) is 5. The third-order valence-electron chi connectivity index (χ3n) is 3.68. The van der Waals surface area contributed by atoms with Crippen molar-refractivity contribution in [3.05, 3.63) is 56.4 Å². The standard InChI is InChI=1S/C16H16BrN3O4/c17-15-6-4-12(24-15)7-8-18-13-5-1-10(9-14(13)20(22)23)16(21)19-11-2-3-11/h1,4-6,9,11,18H,2-3,7-8H2,(H,19,21). The van der Waals surface area contributed by atoms with Crippen LogP contribution in [-0.4, -0.2) is 23.4 Å². The largest absolute Gasteiger partial charge is 0.454 e. The van der Waals surface area contributed by atoms with Crippen molar-refractivity contribution in [2.45, 2.75) is 25.3 Å². The summed E-state index contributed by atoms with van der Waals surface area (Å²) < 4.78 is 6.03. The van der Waals surface area contributed by atoms with E-state index in [0.717, 1.165) is 18.6 Å². The lowest BCUT2D eigenvalue weighted by molar-refractivity contribution is -0.384. The lowest BCUT2D eigenvalue weighted by Gasteiger charge is -2.08. The van der Waals surface area contributed by atoms with E-state index in [1.165, 1.54) is 6.07 Å². The Morgan fingerprint density at radius 3 is 2.75 bits per heavy atom. The molecule has 0 radical (unpaired) electrons. The first-order chi connectivity index (χ1) is 11.5. The highest BCUT2D eigenvalue weighted by Gasteiger charge is 2.25. The van der Waals surface area contributed by atoms with Gasteiger partial charge in [-0.15, -0.1) is 0 Å².